The number of unbranched alkanes of at least 4 members (excludes halogenated alkanes) is 12. The van der Waals surface area contributed by atoms with E-state index in [9.17, 15) is 0 Å². The summed E-state index contributed by atoms with van der Waals surface area (Å²) in [5.74, 6) is 0. The molecule has 0 aromatic rings. The molecule has 0 amide bonds. The summed E-state index contributed by atoms with van der Waals surface area (Å²) in [6.07, 6.45) is 24.4. The van der Waals surface area contributed by atoms with Crippen LogP contribution in [0.4, 0.5) is 0 Å². The van der Waals surface area contributed by atoms with Gasteiger partial charge in [0.15, 0.2) is 0 Å². The minimum Gasteiger partial charge on any atom is -0.373 e. The van der Waals surface area contributed by atoms with Crippen LogP contribution in [0.15, 0.2) is 0 Å². The highest BCUT2D eigenvalue weighted by molar-refractivity contribution is 8.03. The van der Waals surface area contributed by atoms with E-state index in [2.05, 4.69) is 55.4 Å². The van der Waals surface area contributed by atoms with Crippen molar-refractivity contribution in [2.75, 3.05) is 39.6 Å². The molecule has 47 heavy (non-hydrogen) atoms. The summed E-state index contributed by atoms with van der Waals surface area (Å²) in [7, 11) is -6.16. The van der Waals surface area contributed by atoms with Gasteiger partial charge in [0.25, 0.3) is 0 Å². The molecule has 0 saturated heterocycles. The van der Waals surface area contributed by atoms with E-state index in [-0.39, 0.29) is 9.75 Å². The van der Waals surface area contributed by atoms with Gasteiger partial charge in [-0.25, -0.2) is 0 Å². The molecule has 0 rings (SSSR count). The van der Waals surface area contributed by atoms with E-state index in [4.69, 9.17) is 26.6 Å². The van der Waals surface area contributed by atoms with Crippen LogP contribution in [0.25, 0.3) is 0 Å². The lowest BCUT2D eigenvalue weighted by Crippen LogP contribution is -2.60. The van der Waals surface area contributed by atoms with Gasteiger partial charge in [-0.05, 0) is 51.4 Å². The molecule has 0 saturated carbocycles. The molecule has 0 aliphatic heterocycles. The third-order valence-corrected chi connectivity index (χ3v) is 18.0. The van der Waals surface area contributed by atoms with Crippen molar-refractivity contribution in [3.8, 4) is 0 Å². The summed E-state index contributed by atoms with van der Waals surface area (Å²) in [5.41, 5.74) is 0. The Morgan fingerprint density at radius 2 is 0.532 bits per heavy atom. The fraction of sp³-hybridized carbons (Fsp3) is 1.00. The fourth-order valence-corrected chi connectivity index (χ4v) is 16.2. The van der Waals surface area contributed by atoms with Crippen LogP contribution in [0.3, 0.4) is 0 Å². The van der Waals surface area contributed by atoms with E-state index in [1.165, 1.54) is 77.0 Å². The number of rotatable bonds is 38. The van der Waals surface area contributed by atoms with Gasteiger partial charge < -0.3 is 26.6 Å². The average molecular weight is 723 g/mol. The summed E-state index contributed by atoms with van der Waals surface area (Å²) < 4.78 is 42.0. The summed E-state index contributed by atoms with van der Waals surface area (Å²) in [6.45, 7) is 22.3. The Balaban J connectivity index is 6.79. The Morgan fingerprint density at radius 3 is 0.702 bits per heavy atom. The first-order valence-corrected chi connectivity index (χ1v) is 25.0. The molecule has 0 heterocycles. The standard InChI is InChI=1S/C38H82O6SSi2/c1-9-17-23-31-39-46(40-32-24-18-10-2,41-33-25-19-11-3)37(29-15-7)45-38(30-16-8)47(42-34-26-20-12-4,43-35-27-21-13-5)44-36-28-22-14-6/h37-38H,9-36H2,1-8H3. The lowest BCUT2D eigenvalue weighted by Gasteiger charge is -2.41. The van der Waals surface area contributed by atoms with E-state index in [1.54, 1.807) is 0 Å². The van der Waals surface area contributed by atoms with Crippen molar-refractivity contribution >= 4 is 29.4 Å². The van der Waals surface area contributed by atoms with E-state index >= 15 is 0 Å². The van der Waals surface area contributed by atoms with Crippen LogP contribution < -0.4 is 0 Å². The van der Waals surface area contributed by atoms with Crippen LogP contribution in [0.2, 0.25) is 0 Å². The van der Waals surface area contributed by atoms with Crippen LogP contribution in [-0.4, -0.2) is 67.0 Å². The molecule has 0 aromatic heterocycles. The van der Waals surface area contributed by atoms with Gasteiger partial charge in [-0.2, -0.15) is 0 Å². The van der Waals surface area contributed by atoms with Crippen molar-refractivity contribution in [1.82, 2.24) is 0 Å². The summed E-state index contributed by atoms with van der Waals surface area (Å²) in [5, 5.41) is 0. The monoisotopic (exact) mass is 723 g/mol. The lowest BCUT2D eigenvalue weighted by molar-refractivity contribution is 0.0512. The summed E-state index contributed by atoms with van der Waals surface area (Å²) >= 11 is 2.01. The molecule has 0 fully saturated rings. The van der Waals surface area contributed by atoms with Crippen LogP contribution in [-0.2, 0) is 26.6 Å². The Hall–Kier alpha value is 0.544. The van der Waals surface area contributed by atoms with Crippen molar-refractivity contribution in [3.05, 3.63) is 0 Å². The third kappa shape index (κ3) is 22.2. The molecule has 0 bridgehead atoms. The lowest BCUT2D eigenvalue weighted by atomic mass is 10.3. The van der Waals surface area contributed by atoms with Gasteiger partial charge in [0.2, 0.25) is 0 Å². The Bertz CT molecular complexity index is 533. The zero-order chi connectivity index (χ0) is 34.9. The molecule has 6 nitrogen and oxygen atoms in total. The highest BCUT2D eigenvalue weighted by atomic mass is 32.2. The van der Waals surface area contributed by atoms with Gasteiger partial charge in [0.05, 0.1) is 9.75 Å². The summed E-state index contributed by atoms with van der Waals surface area (Å²) in [6, 6.07) is 0. The van der Waals surface area contributed by atoms with Crippen molar-refractivity contribution in [2.45, 2.75) is 206 Å². The minimum absolute atomic E-state index is 0.124. The topological polar surface area (TPSA) is 55.4 Å². The molecule has 0 radical (unpaired) electrons. The van der Waals surface area contributed by atoms with Crippen molar-refractivity contribution in [2.24, 2.45) is 0 Å². The molecule has 2 unspecified atom stereocenters. The van der Waals surface area contributed by atoms with E-state index < -0.39 is 17.6 Å². The molecule has 0 N–H and O–H groups in total. The number of hydrogen-bond donors (Lipinski definition) is 0. The highest BCUT2D eigenvalue weighted by Crippen LogP contribution is 2.40. The zero-order valence-electron chi connectivity index (χ0n) is 32.8. The molecular weight excluding hydrogens is 641 g/mol. The van der Waals surface area contributed by atoms with Crippen LogP contribution in [0.5, 0.6) is 0 Å². The second-order valence-electron chi connectivity index (χ2n) is 13.2. The molecular formula is C38H82O6SSi2. The molecule has 9 heteroatoms. The quantitative estimate of drug-likeness (QED) is 0.0464. The maximum absolute atomic E-state index is 7.00. The largest absolute Gasteiger partial charge is 0.514 e. The SMILES string of the molecule is CCCCCO[Si](OCCCCC)(OCCCCC)C(CCC)SC(CCC)[Si](OCCCCC)(OCCCCC)OCCCCC. The highest BCUT2D eigenvalue weighted by Gasteiger charge is 2.56. The average Bonchev–Trinajstić information content (AvgIpc) is 3.08. The van der Waals surface area contributed by atoms with Crippen molar-refractivity contribution < 1.29 is 26.6 Å². The van der Waals surface area contributed by atoms with Gasteiger partial charge in [0, 0.05) is 39.6 Å². The van der Waals surface area contributed by atoms with Gasteiger partial charge in [-0.15, -0.1) is 11.8 Å². The summed E-state index contributed by atoms with van der Waals surface area (Å²) in [4.78, 5) is 0.247. The van der Waals surface area contributed by atoms with Crippen molar-refractivity contribution in [1.29, 1.82) is 0 Å². The maximum atomic E-state index is 7.00. The minimum atomic E-state index is -3.08. The normalized spacial score (nSPS) is 13.8. The molecule has 0 spiro atoms. The predicted molar refractivity (Wildman–Crippen MR) is 209 cm³/mol. The second kappa shape index (κ2) is 33.7. The van der Waals surface area contributed by atoms with Gasteiger partial charge >= 0.3 is 17.6 Å². The molecule has 0 aromatic carbocycles. The molecule has 2 atom stereocenters. The Morgan fingerprint density at radius 1 is 0.319 bits per heavy atom. The predicted octanol–water partition coefficient (Wildman–Crippen LogP) is 12.3. The molecule has 0 aliphatic carbocycles. The first-order chi connectivity index (χ1) is 23.0. The zero-order valence-corrected chi connectivity index (χ0v) is 35.6. The molecule has 0 aliphatic rings. The van der Waals surface area contributed by atoms with E-state index in [0.29, 0.717) is 39.6 Å². The van der Waals surface area contributed by atoms with Crippen molar-refractivity contribution in [3.63, 3.8) is 0 Å². The number of hydrogen-bond acceptors (Lipinski definition) is 7. The van der Waals surface area contributed by atoms with Crippen LogP contribution >= 0.6 is 11.8 Å². The second-order valence-corrected chi connectivity index (χ2v) is 21.0. The Labute approximate surface area is 301 Å². The van der Waals surface area contributed by atoms with Crippen LogP contribution in [0.1, 0.15) is 197 Å². The fourth-order valence-electron chi connectivity index (χ4n) is 5.59. The van der Waals surface area contributed by atoms with Crippen LogP contribution in [0, 0.1) is 0 Å². The number of thioether (sulfide) groups is 1. The van der Waals surface area contributed by atoms with E-state index in [1.807, 2.05) is 11.8 Å². The Kier molecular flexibility index (Phi) is 34.1. The first kappa shape index (κ1) is 47.5. The maximum Gasteiger partial charge on any atom is 0.514 e. The van der Waals surface area contributed by atoms with E-state index in [0.717, 1.165) is 64.2 Å². The molecule has 284 valence electrons. The van der Waals surface area contributed by atoms with Gasteiger partial charge in [0.1, 0.15) is 0 Å². The third-order valence-electron chi connectivity index (χ3n) is 8.53. The smallest absolute Gasteiger partial charge is 0.373 e. The first-order valence-electron chi connectivity index (χ1n) is 20.5. The van der Waals surface area contributed by atoms with Gasteiger partial charge in [-0.3, -0.25) is 0 Å². The van der Waals surface area contributed by atoms with Gasteiger partial charge in [-0.1, -0.05) is 145 Å².